The van der Waals surface area contributed by atoms with Crippen molar-refractivity contribution in [1.29, 1.82) is 0 Å². The van der Waals surface area contributed by atoms with Crippen molar-refractivity contribution in [3.05, 3.63) is 47.3 Å². The predicted molar refractivity (Wildman–Crippen MR) is 115 cm³/mol. The zero-order chi connectivity index (χ0) is 22.1. The molecule has 0 aliphatic rings. The molecule has 1 N–H and O–H groups in total. The highest BCUT2D eigenvalue weighted by Crippen LogP contribution is 2.31. The Morgan fingerprint density at radius 2 is 1.97 bits per heavy atom. The highest BCUT2D eigenvalue weighted by molar-refractivity contribution is 7.98. The van der Waals surface area contributed by atoms with Gasteiger partial charge >= 0.3 is 12.1 Å². The number of nitrogens with zero attached hydrogens (tertiary/aromatic N) is 2. The monoisotopic (exact) mass is 458 g/mol. The van der Waals surface area contributed by atoms with Crippen molar-refractivity contribution in [2.24, 2.45) is 0 Å². The second kappa shape index (κ2) is 8.67. The van der Waals surface area contributed by atoms with Crippen molar-refractivity contribution in [1.82, 2.24) is 9.97 Å². The number of hydrogen-bond donors (Lipinski definition) is 1. The van der Waals surface area contributed by atoms with E-state index in [1.165, 1.54) is 6.07 Å². The van der Waals surface area contributed by atoms with Crippen LogP contribution in [0, 0.1) is 6.92 Å². The lowest BCUT2D eigenvalue weighted by atomic mass is 10.2. The van der Waals surface area contributed by atoms with E-state index in [-0.39, 0.29) is 4.87 Å². The first-order valence-electron chi connectivity index (χ1n) is 9.50. The Hall–Kier alpha value is -1.93. The van der Waals surface area contributed by atoms with Crippen LogP contribution >= 0.6 is 23.4 Å². The summed E-state index contributed by atoms with van der Waals surface area (Å²) in [6.45, 7) is 8.33. The van der Waals surface area contributed by atoms with Gasteiger partial charge in [-0.15, -0.1) is 11.6 Å². The van der Waals surface area contributed by atoms with Gasteiger partial charge in [-0.1, -0.05) is 4.98 Å². The molecule has 0 aliphatic heterocycles. The number of nitrogens with one attached hydrogen (secondary N) is 1. The minimum absolute atomic E-state index is 0.333. The number of halogens is 4. The Morgan fingerprint density at radius 3 is 2.60 bits per heavy atom. The van der Waals surface area contributed by atoms with Crippen LogP contribution in [0.25, 0.3) is 17.0 Å². The number of imidazole rings is 1. The molecule has 2 heterocycles. The molecular formula is C21H24ClF3N3OS+. The highest BCUT2D eigenvalue weighted by Gasteiger charge is 2.32. The fourth-order valence-corrected chi connectivity index (χ4v) is 4.41. The molecule has 0 fully saturated rings. The van der Waals surface area contributed by atoms with E-state index in [4.69, 9.17) is 16.3 Å². The fourth-order valence-electron chi connectivity index (χ4n) is 3.05. The zero-order valence-electron chi connectivity index (χ0n) is 17.2. The molecule has 4 nitrogen and oxygen atoms in total. The van der Waals surface area contributed by atoms with Gasteiger partial charge in [0.15, 0.2) is 5.52 Å². The number of alkyl halides is 4. The maximum atomic E-state index is 13.0. The van der Waals surface area contributed by atoms with E-state index in [1.807, 2.05) is 44.5 Å². The number of thioether (sulfide) groups is 1. The van der Waals surface area contributed by atoms with Crippen molar-refractivity contribution in [3.63, 3.8) is 0 Å². The summed E-state index contributed by atoms with van der Waals surface area (Å²) in [4.78, 5) is 7.19. The van der Waals surface area contributed by atoms with Gasteiger partial charge in [-0.25, -0.2) is 9.55 Å². The first-order valence-corrected chi connectivity index (χ1v) is 11.0. The predicted octanol–water partition coefficient (Wildman–Crippen LogP) is 5.82. The second-order valence-corrected chi connectivity index (χ2v) is 9.57. The average Bonchev–Trinajstić information content (AvgIpc) is 3.06. The van der Waals surface area contributed by atoms with Gasteiger partial charge in [0.1, 0.15) is 17.0 Å². The number of H-pyrrole nitrogens is 1. The van der Waals surface area contributed by atoms with Crippen LogP contribution < -0.4 is 9.30 Å². The Kier molecular flexibility index (Phi) is 6.57. The molecule has 0 radical (unpaired) electrons. The van der Waals surface area contributed by atoms with Gasteiger partial charge in [-0.3, -0.25) is 0 Å². The quantitative estimate of drug-likeness (QED) is 0.358. The number of pyridine rings is 1. The maximum Gasteiger partial charge on any atom is 0.416 e. The summed E-state index contributed by atoms with van der Waals surface area (Å²) in [7, 11) is 0. The van der Waals surface area contributed by atoms with E-state index >= 15 is 0 Å². The normalized spacial score (nSPS) is 12.5. The molecule has 30 heavy (non-hydrogen) atoms. The molecule has 3 rings (SSSR count). The molecule has 0 saturated carbocycles. The van der Waals surface area contributed by atoms with Crippen LogP contribution in [0.2, 0.25) is 0 Å². The number of aromatic amines is 1. The van der Waals surface area contributed by atoms with Gasteiger partial charge in [0.25, 0.3) is 0 Å². The Bertz CT molecular complexity index is 1040. The number of rotatable bonds is 7. The minimum Gasteiger partial charge on any atom is -0.493 e. The molecule has 0 unspecified atom stereocenters. The number of benzene rings is 1. The van der Waals surface area contributed by atoms with Crippen molar-refractivity contribution in [2.75, 3.05) is 12.4 Å². The summed E-state index contributed by atoms with van der Waals surface area (Å²) >= 11 is 8.00. The van der Waals surface area contributed by atoms with Crippen LogP contribution in [-0.4, -0.2) is 27.2 Å². The van der Waals surface area contributed by atoms with Crippen LogP contribution in [0.1, 0.15) is 37.6 Å². The van der Waals surface area contributed by atoms with Crippen molar-refractivity contribution < 1.29 is 22.5 Å². The van der Waals surface area contributed by atoms with Crippen LogP contribution in [0.15, 0.2) is 30.5 Å². The largest absolute Gasteiger partial charge is 0.493 e. The molecule has 0 spiro atoms. The van der Waals surface area contributed by atoms with E-state index in [1.54, 1.807) is 11.8 Å². The second-order valence-electron chi connectivity index (χ2n) is 7.56. The first kappa shape index (κ1) is 22.7. The minimum atomic E-state index is -4.40. The summed E-state index contributed by atoms with van der Waals surface area (Å²) < 4.78 is 46.7. The van der Waals surface area contributed by atoms with Gasteiger partial charge < -0.3 is 4.74 Å². The lowest BCUT2D eigenvalue weighted by Gasteiger charge is -2.17. The number of fused-ring (bicyclic) bond motifs is 1. The van der Waals surface area contributed by atoms with E-state index in [0.29, 0.717) is 29.3 Å². The zero-order valence-corrected chi connectivity index (χ0v) is 18.8. The van der Waals surface area contributed by atoms with Crippen molar-refractivity contribution in [2.45, 2.75) is 44.5 Å². The number of hydrogen-bond acceptors (Lipinski definition) is 3. The molecule has 3 aromatic rings. The Labute approximate surface area is 182 Å². The molecule has 162 valence electrons. The van der Waals surface area contributed by atoms with E-state index in [9.17, 15) is 13.2 Å². The summed E-state index contributed by atoms with van der Waals surface area (Å²) in [6.07, 6.45) is -2.58. The molecule has 1 aromatic carbocycles. The van der Waals surface area contributed by atoms with Gasteiger partial charge in [0.05, 0.1) is 18.4 Å². The standard InChI is InChI=1S/C21H24ClF3N3OS/c1-5-29-18-8-9-28(17(13(18)2)11-30-12-20(3,4)22)19-26-15-7-6-14(21(23,24)25)10-16(15)27-19/h6-10H,5,11-12H2,1-4H3,(H,26,27)/q+1. The highest BCUT2D eigenvalue weighted by atomic mass is 35.5. The fraction of sp³-hybridized carbons (Fsp3) is 0.429. The van der Waals surface area contributed by atoms with Crippen LogP contribution in [0.4, 0.5) is 13.2 Å². The smallest absolute Gasteiger partial charge is 0.416 e. The van der Waals surface area contributed by atoms with Gasteiger partial charge in [0.2, 0.25) is 0 Å². The SMILES string of the molecule is CCOc1cc[n+](-c2nc3ccc(C(F)(F)F)cc3[nH]2)c(CSCC(C)(C)Cl)c1C. The summed E-state index contributed by atoms with van der Waals surface area (Å²) in [5.41, 5.74) is 1.99. The molecule has 0 amide bonds. The van der Waals surface area contributed by atoms with Gasteiger partial charge in [0, 0.05) is 28.0 Å². The van der Waals surface area contributed by atoms with E-state index in [2.05, 4.69) is 9.97 Å². The molecule has 0 saturated heterocycles. The molecule has 0 bridgehead atoms. The maximum absolute atomic E-state index is 13.0. The summed E-state index contributed by atoms with van der Waals surface area (Å²) in [6, 6.07) is 5.34. The third-order valence-corrected chi connectivity index (χ3v) is 6.17. The molecule has 9 heteroatoms. The number of ether oxygens (including phenoxy) is 1. The van der Waals surface area contributed by atoms with Crippen LogP contribution in [0.5, 0.6) is 5.75 Å². The van der Waals surface area contributed by atoms with Crippen molar-refractivity contribution in [3.8, 4) is 11.7 Å². The average molecular weight is 459 g/mol. The molecule has 0 aliphatic carbocycles. The van der Waals surface area contributed by atoms with Crippen LogP contribution in [0.3, 0.4) is 0 Å². The van der Waals surface area contributed by atoms with Gasteiger partial charge in [-0.05, 0) is 45.9 Å². The summed E-state index contributed by atoms with van der Waals surface area (Å²) in [5, 5.41) is 0. The molecule has 2 aromatic heterocycles. The lowest BCUT2D eigenvalue weighted by Crippen LogP contribution is -2.37. The number of aromatic nitrogens is 3. The Morgan fingerprint density at radius 1 is 1.23 bits per heavy atom. The first-order chi connectivity index (χ1) is 14.0. The molecule has 0 atom stereocenters. The lowest BCUT2D eigenvalue weighted by molar-refractivity contribution is -0.610. The van der Waals surface area contributed by atoms with Crippen LogP contribution in [-0.2, 0) is 11.9 Å². The van der Waals surface area contributed by atoms with E-state index in [0.717, 1.165) is 34.9 Å². The summed E-state index contributed by atoms with van der Waals surface area (Å²) in [5.74, 6) is 2.61. The van der Waals surface area contributed by atoms with Gasteiger partial charge in [-0.2, -0.15) is 24.9 Å². The third-order valence-electron chi connectivity index (χ3n) is 4.48. The Balaban J connectivity index is 2.04. The molecular weight excluding hydrogens is 435 g/mol. The third kappa shape index (κ3) is 5.21. The van der Waals surface area contributed by atoms with Crippen molar-refractivity contribution >= 4 is 34.4 Å². The van der Waals surface area contributed by atoms with E-state index < -0.39 is 11.7 Å². The topological polar surface area (TPSA) is 41.8 Å².